The fourth-order valence-corrected chi connectivity index (χ4v) is 2.84. The molecule has 0 amide bonds. The lowest BCUT2D eigenvalue weighted by atomic mass is 10.2. The first kappa shape index (κ1) is 13.9. The molecule has 0 saturated heterocycles. The number of rotatable bonds is 3. The molecule has 0 spiro atoms. The number of aryl methyl sites for hydroxylation is 1. The molecule has 0 fully saturated rings. The van der Waals surface area contributed by atoms with Crippen molar-refractivity contribution in [3.8, 4) is 5.75 Å². The first-order valence-electron chi connectivity index (χ1n) is 6.70. The van der Waals surface area contributed by atoms with Gasteiger partial charge in [0, 0.05) is 12.2 Å². The maximum atomic E-state index is 6.21. The van der Waals surface area contributed by atoms with Crippen molar-refractivity contribution in [1.82, 2.24) is 14.5 Å². The molecule has 0 unspecified atom stereocenters. The number of hydrogen-bond acceptors (Lipinski definition) is 3. The molecule has 2 aromatic heterocycles. The number of ether oxygens (including phenoxy) is 1. The maximum absolute atomic E-state index is 6.21. The molecule has 0 saturated carbocycles. The number of fused-ring (bicyclic) bond motifs is 1. The van der Waals surface area contributed by atoms with Gasteiger partial charge < -0.3 is 9.30 Å². The molecular weight excluding hydrogens is 286 g/mol. The van der Waals surface area contributed by atoms with Crippen LogP contribution in [0.4, 0.5) is 0 Å². The van der Waals surface area contributed by atoms with Gasteiger partial charge in [-0.3, -0.25) is 0 Å². The molecule has 4 nitrogen and oxygen atoms in total. The Kier molecular flexibility index (Phi) is 3.55. The van der Waals surface area contributed by atoms with E-state index in [9.17, 15) is 0 Å². The van der Waals surface area contributed by atoms with Crippen LogP contribution in [0.15, 0.2) is 30.6 Å². The van der Waals surface area contributed by atoms with E-state index >= 15 is 0 Å². The van der Waals surface area contributed by atoms with E-state index in [4.69, 9.17) is 16.3 Å². The van der Waals surface area contributed by atoms with Crippen LogP contribution in [0.25, 0.3) is 11.0 Å². The van der Waals surface area contributed by atoms with Crippen LogP contribution in [0.5, 0.6) is 5.75 Å². The summed E-state index contributed by atoms with van der Waals surface area (Å²) in [7, 11) is 1.67. The topological polar surface area (TPSA) is 39.9 Å². The summed E-state index contributed by atoms with van der Waals surface area (Å²) in [6.45, 7) is 4.85. The first-order chi connectivity index (χ1) is 10.1. The lowest BCUT2D eigenvalue weighted by Crippen LogP contribution is -2.03. The van der Waals surface area contributed by atoms with Gasteiger partial charge in [0.25, 0.3) is 0 Å². The van der Waals surface area contributed by atoms with Crippen LogP contribution in [-0.2, 0) is 6.54 Å². The standard InChI is InChI=1S/C16H16ClN3O/c1-10-11(2)20(16-14(10)15(17)18-9-19-16)8-12-5-4-6-13(7-12)21-3/h4-7,9H,8H2,1-3H3. The highest BCUT2D eigenvalue weighted by Crippen LogP contribution is 2.29. The molecule has 2 heterocycles. The highest BCUT2D eigenvalue weighted by atomic mass is 35.5. The van der Waals surface area contributed by atoms with Gasteiger partial charge in [0.05, 0.1) is 12.5 Å². The fraction of sp³-hybridized carbons (Fsp3) is 0.250. The van der Waals surface area contributed by atoms with E-state index in [0.717, 1.165) is 40.1 Å². The Balaban J connectivity index is 2.12. The molecular formula is C16H16ClN3O. The molecule has 108 valence electrons. The smallest absolute Gasteiger partial charge is 0.145 e. The Morgan fingerprint density at radius 3 is 2.81 bits per heavy atom. The Labute approximate surface area is 128 Å². The fourth-order valence-electron chi connectivity index (χ4n) is 2.57. The molecule has 5 heteroatoms. The summed E-state index contributed by atoms with van der Waals surface area (Å²) in [5, 5.41) is 1.43. The van der Waals surface area contributed by atoms with E-state index in [1.807, 2.05) is 18.2 Å². The van der Waals surface area contributed by atoms with Crippen molar-refractivity contribution in [2.75, 3.05) is 7.11 Å². The number of hydrogen-bond donors (Lipinski definition) is 0. The minimum Gasteiger partial charge on any atom is -0.497 e. The molecule has 3 rings (SSSR count). The van der Waals surface area contributed by atoms with Crippen molar-refractivity contribution >= 4 is 22.6 Å². The molecule has 0 atom stereocenters. The second-order valence-electron chi connectivity index (χ2n) is 5.01. The quantitative estimate of drug-likeness (QED) is 0.692. The van der Waals surface area contributed by atoms with Gasteiger partial charge in [0.2, 0.25) is 0 Å². The van der Waals surface area contributed by atoms with Gasteiger partial charge in [-0.2, -0.15) is 0 Å². The number of aromatic nitrogens is 3. The highest BCUT2D eigenvalue weighted by molar-refractivity contribution is 6.34. The summed E-state index contributed by atoms with van der Waals surface area (Å²) in [6, 6.07) is 8.04. The number of nitrogens with zero attached hydrogens (tertiary/aromatic N) is 3. The van der Waals surface area contributed by atoms with Crippen LogP contribution in [-0.4, -0.2) is 21.6 Å². The Morgan fingerprint density at radius 1 is 1.24 bits per heavy atom. The van der Waals surface area contributed by atoms with E-state index in [2.05, 4.69) is 34.4 Å². The Bertz CT molecular complexity index is 811. The lowest BCUT2D eigenvalue weighted by Gasteiger charge is -2.09. The van der Waals surface area contributed by atoms with E-state index in [-0.39, 0.29) is 0 Å². The Hall–Kier alpha value is -2.07. The molecule has 3 aromatic rings. The maximum Gasteiger partial charge on any atom is 0.145 e. The number of methoxy groups -OCH3 is 1. The van der Waals surface area contributed by atoms with Gasteiger partial charge in [-0.15, -0.1) is 0 Å². The summed E-state index contributed by atoms with van der Waals surface area (Å²) in [5.74, 6) is 0.853. The predicted molar refractivity (Wildman–Crippen MR) is 84.1 cm³/mol. The van der Waals surface area contributed by atoms with Gasteiger partial charge in [0.15, 0.2) is 0 Å². The zero-order valence-corrected chi connectivity index (χ0v) is 13.0. The molecule has 0 radical (unpaired) electrons. The minimum atomic E-state index is 0.505. The molecule has 0 aliphatic rings. The largest absolute Gasteiger partial charge is 0.497 e. The van der Waals surface area contributed by atoms with Gasteiger partial charge in [-0.25, -0.2) is 9.97 Å². The highest BCUT2D eigenvalue weighted by Gasteiger charge is 2.15. The van der Waals surface area contributed by atoms with E-state index in [1.165, 1.54) is 6.33 Å². The second-order valence-corrected chi connectivity index (χ2v) is 5.37. The van der Waals surface area contributed by atoms with Crippen molar-refractivity contribution in [2.24, 2.45) is 0 Å². The third-order valence-corrected chi connectivity index (χ3v) is 4.12. The molecule has 21 heavy (non-hydrogen) atoms. The third kappa shape index (κ3) is 2.36. The lowest BCUT2D eigenvalue weighted by molar-refractivity contribution is 0.414. The molecule has 0 aliphatic heterocycles. The van der Waals surface area contributed by atoms with Crippen LogP contribution in [0.3, 0.4) is 0 Å². The van der Waals surface area contributed by atoms with Crippen LogP contribution in [0, 0.1) is 13.8 Å². The van der Waals surface area contributed by atoms with E-state index < -0.39 is 0 Å². The summed E-state index contributed by atoms with van der Waals surface area (Å²) < 4.78 is 7.44. The SMILES string of the molecule is COc1cccc(Cn2c(C)c(C)c3c(Cl)ncnc32)c1. The van der Waals surface area contributed by atoms with Crippen molar-refractivity contribution in [1.29, 1.82) is 0 Å². The van der Waals surface area contributed by atoms with Crippen molar-refractivity contribution in [2.45, 2.75) is 20.4 Å². The number of benzene rings is 1. The van der Waals surface area contributed by atoms with Crippen LogP contribution < -0.4 is 4.74 Å². The molecule has 0 bridgehead atoms. The zero-order valence-electron chi connectivity index (χ0n) is 12.2. The summed E-state index contributed by atoms with van der Waals surface area (Å²) >= 11 is 6.21. The molecule has 0 N–H and O–H groups in total. The van der Waals surface area contributed by atoms with Gasteiger partial charge in [0.1, 0.15) is 22.9 Å². The summed E-state index contributed by atoms with van der Waals surface area (Å²) in [4.78, 5) is 8.48. The van der Waals surface area contributed by atoms with Gasteiger partial charge in [-0.05, 0) is 37.1 Å². The second kappa shape index (κ2) is 5.37. The third-order valence-electron chi connectivity index (χ3n) is 3.83. The Morgan fingerprint density at radius 2 is 2.05 bits per heavy atom. The van der Waals surface area contributed by atoms with Crippen LogP contribution in [0.2, 0.25) is 5.15 Å². The predicted octanol–water partition coefficient (Wildman–Crippen LogP) is 3.76. The normalized spacial score (nSPS) is 11.0. The minimum absolute atomic E-state index is 0.505. The number of halogens is 1. The molecule has 1 aromatic carbocycles. The van der Waals surface area contributed by atoms with Gasteiger partial charge in [-0.1, -0.05) is 23.7 Å². The van der Waals surface area contributed by atoms with Crippen LogP contribution >= 0.6 is 11.6 Å². The summed E-state index contributed by atoms with van der Waals surface area (Å²) in [6.07, 6.45) is 1.51. The van der Waals surface area contributed by atoms with Gasteiger partial charge >= 0.3 is 0 Å². The van der Waals surface area contributed by atoms with E-state index in [0.29, 0.717) is 5.15 Å². The zero-order chi connectivity index (χ0) is 15.0. The monoisotopic (exact) mass is 301 g/mol. The average molecular weight is 302 g/mol. The summed E-state index contributed by atoms with van der Waals surface area (Å²) in [5.41, 5.74) is 4.30. The van der Waals surface area contributed by atoms with E-state index in [1.54, 1.807) is 7.11 Å². The molecule has 0 aliphatic carbocycles. The first-order valence-corrected chi connectivity index (χ1v) is 7.08. The van der Waals surface area contributed by atoms with Crippen LogP contribution in [0.1, 0.15) is 16.8 Å². The van der Waals surface area contributed by atoms with Crippen molar-refractivity contribution in [3.63, 3.8) is 0 Å². The van der Waals surface area contributed by atoms with Crippen molar-refractivity contribution < 1.29 is 4.74 Å². The average Bonchev–Trinajstić information content (AvgIpc) is 2.74. The van der Waals surface area contributed by atoms with Crippen molar-refractivity contribution in [3.05, 3.63) is 52.6 Å².